The number of rotatable bonds is 29. The minimum absolute atomic E-state index is 0.114. The highest BCUT2D eigenvalue weighted by Gasteiger charge is 2.21. The molecule has 4 unspecified atom stereocenters. The average molecular weight is 596 g/mol. The number of thioether (sulfide) groups is 2. The van der Waals surface area contributed by atoms with Crippen LogP contribution in [-0.4, -0.2) is 94.0 Å². The molecule has 0 spiro atoms. The molecule has 5 atom stereocenters. The Morgan fingerprint density at radius 1 is 0.846 bits per heavy atom. The normalized spacial score (nSPS) is 15.6. The highest BCUT2D eigenvalue weighted by Crippen LogP contribution is 2.25. The number of hydrogen-bond donors (Lipinski definition) is 5. The van der Waals surface area contributed by atoms with E-state index < -0.39 is 12.2 Å². The molecule has 0 amide bonds. The smallest absolute Gasteiger partial charge is 0.305 e. The molecular formula is C30H61NO6S2. The van der Waals surface area contributed by atoms with Crippen LogP contribution >= 0.6 is 23.5 Å². The Kier molecular flexibility index (Phi) is 28.1. The fraction of sp³-hybridized carbons (Fsp3) is 0.967. The molecule has 0 radical (unpaired) electrons. The quantitative estimate of drug-likeness (QED) is 0.0590. The number of carbonyl (C=O) groups excluding carboxylic acids is 1. The average Bonchev–Trinajstić information content (AvgIpc) is 2.94. The van der Waals surface area contributed by atoms with E-state index in [4.69, 9.17) is 9.84 Å². The predicted molar refractivity (Wildman–Crippen MR) is 168 cm³/mol. The van der Waals surface area contributed by atoms with E-state index in [-0.39, 0.29) is 24.6 Å². The number of methoxy groups -OCH3 is 1. The minimum atomic E-state index is -0.907. The van der Waals surface area contributed by atoms with Crippen molar-refractivity contribution in [2.24, 2.45) is 5.92 Å². The van der Waals surface area contributed by atoms with E-state index in [1.165, 1.54) is 45.6 Å². The number of ether oxygens (including phenoxy) is 1. The van der Waals surface area contributed by atoms with Crippen molar-refractivity contribution in [3.05, 3.63) is 0 Å². The van der Waals surface area contributed by atoms with Gasteiger partial charge in [0.15, 0.2) is 0 Å². The van der Waals surface area contributed by atoms with Gasteiger partial charge in [-0.05, 0) is 50.8 Å². The van der Waals surface area contributed by atoms with Crippen LogP contribution in [0.2, 0.25) is 0 Å². The first-order valence-electron chi connectivity index (χ1n) is 15.5. The SMILES string of the molecule is CCCCCCC(O)CCC(CCCCCCCC(=O)OC)SCCSCCCNCC(O)C(O)[C@H](C)CO. The Morgan fingerprint density at radius 3 is 2.26 bits per heavy atom. The molecule has 234 valence electrons. The predicted octanol–water partition coefficient (Wildman–Crippen LogP) is 5.17. The summed E-state index contributed by atoms with van der Waals surface area (Å²) in [7, 11) is 1.45. The lowest BCUT2D eigenvalue weighted by Gasteiger charge is -2.22. The van der Waals surface area contributed by atoms with Crippen LogP contribution in [0, 0.1) is 5.92 Å². The van der Waals surface area contributed by atoms with Gasteiger partial charge in [0.1, 0.15) is 0 Å². The van der Waals surface area contributed by atoms with Crippen LogP contribution in [0.5, 0.6) is 0 Å². The molecule has 39 heavy (non-hydrogen) atoms. The molecular weight excluding hydrogens is 534 g/mol. The Hall–Kier alpha value is -0.0300. The first-order chi connectivity index (χ1) is 18.8. The molecule has 0 fully saturated rings. The lowest BCUT2D eigenvalue weighted by molar-refractivity contribution is -0.140. The Labute approximate surface area is 248 Å². The second-order valence-electron chi connectivity index (χ2n) is 10.8. The van der Waals surface area contributed by atoms with Gasteiger partial charge in [-0.2, -0.15) is 23.5 Å². The highest BCUT2D eigenvalue weighted by atomic mass is 32.2. The molecule has 0 rings (SSSR count). The molecule has 0 saturated carbocycles. The third-order valence-electron chi connectivity index (χ3n) is 7.19. The third kappa shape index (κ3) is 24.3. The van der Waals surface area contributed by atoms with Crippen molar-refractivity contribution in [3.63, 3.8) is 0 Å². The van der Waals surface area contributed by atoms with Gasteiger partial charge < -0.3 is 30.5 Å². The Balaban J connectivity index is 4.11. The molecule has 0 saturated heterocycles. The molecule has 0 aromatic heterocycles. The molecule has 0 aromatic carbocycles. The van der Waals surface area contributed by atoms with Crippen molar-refractivity contribution in [2.75, 3.05) is 44.1 Å². The first kappa shape index (κ1) is 39.0. The summed E-state index contributed by atoms with van der Waals surface area (Å²) in [5.74, 6) is 2.86. The standard InChI is InChI=1S/C30H61NO6S2/c1-4-5-6-10-14-26(33)17-18-27(15-11-8-7-9-12-16-29(35)37-3)39-22-21-38-20-13-19-31-23-28(34)30(36)25(2)24-32/h25-28,30-34,36H,4-24H2,1-3H3/t25-,26?,27?,28?,30?/m1/s1. The highest BCUT2D eigenvalue weighted by molar-refractivity contribution is 8.03. The summed E-state index contributed by atoms with van der Waals surface area (Å²) in [6.07, 6.45) is 14.1. The summed E-state index contributed by atoms with van der Waals surface area (Å²) in [6.45, 7) is 4.94. The van der Waals surface area contributed by atoms with Crippen LogP contribution in [0.3, 0.4) is 0 Å². The molecule has 0 aromatic rings. The largest absolute Gasteiger partial charge is 0.469 e. The maximum Gasteiger partial charge on any atom is 0.305 e. The van der Waals surface area contributed by atoms with Gasteiger partial charge in [-0.1, -0.05) is 65.2 Å². The summed E-state index contributed by atoms with van der Waals surface area (Å²) < 4.78 is 4.71. The zero-order valence-electron chi connectivity index (χ0n) is 25.2. The van der Waals surface area contributed by atoms with Crippen molar-refractivity contribution >= 4 is 29.5 Å². The van der Waals surface area contributed by atoms with E-state index in [0.717, 1.165) is 75.2 Å². The van der Waals surface area contributed by atoms with Crippen molar-refractivity contribution in [3.8, 4) is 0 Å². The van der Waals surface area contributed by atoms with E-state index in [0.29, 0.717) is 18.2 Å². The van der Waals surface area contributed by atoms with E-state index in [9.17, 15) is 20.1 Å². The van der Waals surface area contributed by atoms with E-state index >= 15 is 0 Å². The number of aliphatic hydroxyl groups excluding tert-OH is 4. The van der Waals surface area contributed by atoms with E-state index in [1.54, 1.807) is 6.92 Å². The fourth-order valence-electron chi connectivity index (χ4n) is 4.45. The molecule has 0 aliphatic rings. The molecule has 0 aliphatic heterocycles. The number of hydrogen-bond acceptors (Lipinski definition) is 9. The lowest BCUT2D eigenvalue weighted by atomic mass is 10.0. The van der Waals surface area contributed by atoms with E-state index in [1.807, 2.05) is 11.8 Å². The number of nitrogens with one attached hydrogen (secondary N) is 1. The van der Waals surface area contributed by atoms with Crippen LogP contribution in [-0.2, 0) is 9.53 Å². The Bertz CT molecular complexity index is 546. The number of esters is 1. The maximum atomic E-state index is 11.2. The lowest BCUT2D eigenvalue weighted by Crippen LogP contribution is -2.41. The van der Waals surface area contributed by atoms with Gasteiger partial charge in [-0.15, -0.1) is 0 Å². The van der Waals surface area contributed by atoms with Crippen molar-refractivity contribution in [2.45, 2.75) is 134 Å². The first-order valence-corrected chi connectivity index (χ1v) is 17.7. The molecule has 7 nitrogen and oxygen atoms in total. The third-order valence-corrected chi connectivity index (χ3v) is 9.90. The molecule has 0 bridgehead atoms. The molecule has 5 N–H and O–H groups in total. The van der Waals surface area contributed by atoms with Crippen LogP contribution in [0.1, 0.15) is 110 Å². The maximum absolute atomic E-state index is 11.2. The monoisotopic (exact) mass is 595 g/mol. The van der Waals surface area contributed by atoms with Crippen molar-refractivity contribution < 1.29 is 30.0 Å². The van der Waals surface area contributed by atoms with Gasteiger partial charge >= 0.3 is 5.97 Å². The van der Waals surface area contributed by atoms with Crippen molar-refractivity contribution in [1.29, 1.82) is 0 Å². The van der Waals surface area contributed by atoms with E-state index in [2.05, 4.69) is 24.0 Å². The van der Waals surface area contributed by atoms with Crippen LogP contribution in [0.15, 0.2) is 0 Å². The summed E-state index contributed by atoms with van der Waals surface area (Å²) in [5.41, 5.74) is 0. The van der Waals surface area contributed by atoms with Crippen LogP contribution < -0.4 is 5.32 Å². The summed E-state index contributed by atoms with van der Waals surface area (Å²) >= 11 is 4.02. The van der Waals surface area contributed by atoms with Crippen LogP contribution in [0.4, 0.5) is 0 Å². The zero-order chi connectivity index (χ0) is 29.1. The van der Waals surface area contributed by atoms with Gasteiger partial charge in [0.25, 0.3) is 0 Å². The Morgan fingerprint density at radius 2 is 1.54 bits per heavy atom. The molecule has 9 heteroatoms. The van der Waals surface area contributed by atoms with Crippen molar-refractivity contribution in [1.82, 2.24) is 5.32 Å². The minimum Gasteiger partial charge on any atom is -0.469 e. The topological polar surface area (TPSA) is 119 Å². The summed E-state index contributed by atoms with van der Waals surface area (Å²) in [5, 5.41) is 43.2. The molecule has 0 heterocycles. The van der Waals surface area contributed by atoms with Gasteiger partial charge in [-0.3, -0.25) is 4.79 Å². The summed E-state index contributed by atoms with van der Waals surface area (Å²) in [6, 6.07) is 0. The van der Waals surface area contributed by atoms with Gasteiger partial charge in [0, 0.05) is 42.2 Å². The zero-order valence-corrected chi connectivity index (χ0v) is 26.8. The van der Waals surface area contributed by atoms with Gasteiger partial charge in [0.2, 0.25) is 0 Å². The van der Waals surface area contributed by atoms with Gasteiger partial charge in [-0.25, -0.2) is 0 Å². The van der Waals surface area contributed by atoms with Gasteiger partial charge in [0.05, 0.1) is 25.4 Å². The fourth-order valence-corrected chi connectivity index (χ4v) is 6.83. The van der Waals surface area contributed by atoms with Crippen LogP contribution in [0.25, 0.3) is 0 Å². The second kappa shape index (κ2) is 28.1. The summed E-state index contributed by atoms with van der Waals surface area (Å²) in [4.78, 5) is 11.2. The number of aliphatic hydroxyl groups is 4. The second-order valence-corrected chi connectivity index (χ2v) is 13.5. The molecule has 0 aliphatic carbocycles. The number of carbonyl (C=O) groups is 1. The number of unbranched alkanes of at least 4 members (excludes halogenated alkanes) is 7.